The maximum Gasteiger partial charge on any atom is 0.261 e. The first-order valence-corrected chi connectivity index (χ1v) is 10.1. The number of hydrogen-bond acceptors (Lipinski definition) is 3. The van der Waals surface area contributed by atoms with Crippen LogP contribution >= 0.6 is 0 Å². The molecule has 2 aromatic carbocycles. The summed E-state index contributed by atoms with van der Waals surface area (Å²) >= 11 is 0. The fourth-order valence-electron chi connectivity index (χ4n) is 3.52. The van der Waals surface area contributed by atoms with Crippen molar-refractivity contribution in [3.8, 4) is 5.75 Å². The van der Waals surface area contributed by atoms with Crippen molar-refractivity contribution >= 4 is 11.8 Å². The number of nitrogens with zero attached hydrogens (tertiary/aromatic N) is 1. The largest absolute Gasteiger partial charge is 0.484 e. The van der Waals surface area contributed by atoms with Crippen LogP contribution < -0.4 is 10.1 Å². The number of nitrogens with one attached hydrogen (secondary N) is 1. The van der Waals surface area contributed by atoms with E-state index in [9.17, 15) is 18.4 Å². The molecule has 2 aromatic rings. The van der Waals surface area contributed by atoms with Gasteiger partial charge in [0.2, 0.25) is 5.91 Å². The quantitative estimate of drug-likeness (QED) is 0.712. The van der Waals surface area contributed by atoms with Gasteiger partial charge in [-0.25, -0.2) is 8.78 Å². The van der Waals surface area contributed by atoms with E-state index in [-0.39, 0.29) is 30.9 Å². The smallest absolute Gasteiger partial charge is 0.261 e. The van der Waals surface area contributed by atoms with Gasteiger partial charge in [-0.15, -0.1) is 0 Å². The SMILES string of the molecule is C[C@H](C(=O)NC1CCCC1)N(Cc1ccc(F)cc1)C(=O)COc1ccc(F)cc1. The Bertz CT molecular complexity index is 850. The molecule has 30 heavy (non-hydrogen) atoms. The number of amides is 2. The molecule has 1 N–H and O–H groups in total. The van der Waals surface area contributed by atoms with E-state index in [1.54, 1.807) is 19.1 Å². The molecule has 0 heterocycles. The second kappa shape index (κ2) is 10.2. The standard InChI is InChI=1S/C23H26F2N2O3/c1-16(23(29)26-20-4-2-3-5-20)27(14-17-6-8-18(24)9-7-17)22(28)15-30-21-12-10-19(25)11-13-21/h6-13,16,20H,2-5,14-15H2,1H3,(H,26,29)/t16-/m1/s1. The molecule has 160 valence electrons. The van der Waals surface area contributed by atoms with E-state index in [2.05, 4.69) is 5.32 Å². The van der Waals surface area contributed by atoms with Crippen LogP contribution in [0.25, 0.3) is 0 Å². The minimum absolute atomic E-state index is 0.137. The Morgan fingerprint density at radius 1 is 1.03 bits per heavy atom. The topological polar surface area (TPSA) is 58.6 Å². The summed E-state index contributed by atoms with van der Waals surface area (Å²) in [6.45, 7) is 1.52. The van der Waals surface area contributed by atoms with E-state index in [0.717, 1.165) is 25.7 Å². The zero-order valence-electron chi connectivity index (χ0n) is 16.9. The minimum Gasteiger partial charge on any atom is -0.484 e. The summed E-state index contributed by atoms with van der Waals surface area (Å²) in [6.07, 6.45) is 4.06. The lowest BCUT2D eigenvalue weighted by molar-refractivity contribution is -0.142. The van der Waals surface area contributed by atoms with Crippen LogP contribution in [0.3, 0.4) is 0 Å². The fourth-order valence-corrected chi connectivity index (χ4v) is 3.52. The summed E-state index contributed by atoms with van der Waals surface area (Å²) in [7, 11) is 0. The highest BCUT2D eigenvalue weighted by Gasteiger charge is 2.28. The maximum atomic E-state index is 13.2. The van der Waals surface area contributed by atoms with Gasteiger partial charge in [-0.3, -0.25) is 9.59 Å². The number of benzene rings is 2. The number of ether oxygens (including phenoxy) is 1. The van der Waals surface area contributed by atoms with E-state index in [4.69, 9.17) is 4.74 Å². The molecule has 7 heteroatoms. The van der Waals surface area contributed by atoms with Crippen LogP contribution in [0.15, 0.2) is 48.5 Å². The van der Waals surface area contributed by atoms with Crippen molar-refractivity contribution in [1.82, 2.24) is 10.2 Å². The van der Waals surface area contributed by atoms with Crippen LogP contribution in [0.5, 0.6) is 5.75 Å². The predicted octanol–water partition coefficient (Wildman–Crippen LogP) is 3.82. The zero-order chi connectivity index (χ0) is 21.5. The predicted molar refractivity (Wildman–Crippen MR) is 109 cm³/mol. The molecule has 3 rings (SSSR count). The van der Waals surface area contributed by atoms with Gasteiger partial charge in [0.25, 0.3) is 5.91 Å². The molecule has 1 atom stereocenters. The number of hydrogen-bond donors (Lipinski definition) is 1. The Hall–Kier alpha value is -2.96. The molecule has 1 saturated carbocycles. The molecular formula is C23H26F2N2O3. The molecule has 1 fully saturated rings. The van der Waals surface area contributed by atoms with Crippen molar-refractivity contribution in [2.24, 2.45) is 0 Å². The average molecular weight is 416 g/mol. The van der Waals surface area contributed by atoms with Gasteiger partial charge in [0, 0.05) is 12.6 Å². The van der Waals surface area contributed by atoms with Crippen molar-refractivity contribution in [3.05, 3.63) is 65.7 Å². The van der Waals surface area contributed by atoms with Crippen LogP contribution in [-0.4, -0.2) is 35.4 Å². The summed E-state index contributed by atoms with van der Waals surface area (Å²) in [5.41, 5.74) is 0.701. The number of halogens is 2. The van der Waals surface area contributed by atoms with Crippen molar-refractivity contribution in [3.63, 3.8) is 0 Å². The van der Waals surface area contributed by atoms with Gasteiger partial charge in [0.15, 0.2) is 6.61 Å². The van der Waals surface area contributed by atoms with Crippen LogP contribution in [-0.2, 0) is 16.1 Å². The Balaban J connectivity index is 1.69. The normalized spacial score (nSPS) is 14.9. The Kier molecular flexibility index (Phi) is 7.38. The highest BCUT2D eigenvalue weighted by atomic mass is 19.1. The minimum atomic E-state index is -0.722. The molecule has 0 bridgehead atoms. The van der Waals surface area contributed by atoms with Crippen LogP contribution in [0.1, 0.15) is 38.2 Å². The molecule has 0 saturated heterocycles. The molecule has 5 nitrogen and oxygen atoms in total. The van der Waals surface area contributed by atoms with Crippen molar-refractivity contribution in [2.45, 2.75) is 51.2 Å². The van der Waals surface area contributed by atoms with Gasteiger partial charge >= 0.3 is 0 Å². The summed E-state index contributed by atoms with van der Waals surface area (Å²) < 4.78 is 31.8. The van der Waals surface area contributed by atoms with Crippen molar-refractivity contribution in [1.29, 1.82) is 0 Å². The maximum absolute atomic E-state index is 13.2. The van der Waals surface area contributed by atoms with Gasteiger partial charge in [0.1, 0.15) is 23.4 Å². The first kappa shape index (κ1) is 21.7. The summed E-state index contributed by atoms with van der Waals surface area (Å²) in [4.78, 5) is 27.1. The van der Waals surface area contributed by atoms with Crippen LogP contribution in [0.2, 0.25) is 0 Å². The third kappa shape index (κ3) is 6.02. The lowest BCUT2D eigenvalue weighted by Crippen LogP contribution is -2.50. The third-order valence-corrected chi connectivity index (χ3v) is 5.31. The van der Waals surface area contributed by atoms with E-state index < -0.39 is 17.8 Å². The average Bonchev–Trinajstić information content (AvgIpc) is 3.25. The van der Waals surface area contributed by atoms with Gasteiger partial charge in [-0.1, -0.05) is 25.0 Å². The molecule has 0 spiro atoms. The Labute approximate surface area is 175 Å². The highest BCUT2D eigenvalue weighted by molar-refractivity contribution is 5.88. The van der Waals surface area contributed by atoms with Gasteiger partial charge < -0.3 is 15.0 Å². The lowest BCUT2D eigenvalue weighted by atomic mass is 10.1. The van der Waals surface area contributed by atoms with Gasteiger partial charge in [-0.05, 0) is 61.7 Å². The zero-order valence-corrected chi connectivity index (χ0v) is 16.9. The molecule has 2 amide bonds. The summed E-state index contributed by atoms with van der Waals surface area (Å²) in [6, 6.07) is 10.6. The monoisotopic (exact) mass is 416 g/mol. The lowest BCUT2D eigenvalue weighted by Gasteiger charge is -2.29. The van der Waals surface area contributed by atoms with E-state index >= 15 is 0 Å². The first-order valence-electron chi connectivity index (χ1n) is 10.1. The second-order valence-electron chi connectivity index (χ2n) is 7.56. The van der Waals surface area contributed by atoms with E-state index in [1.165, 1.54) is 41.3 Å². The third-order valence-electron chi connectivity index (χ3n) is 5.31. The molecule has 0 aliphatic heterocycles. The summed E-state index contributed by atoms with van der Waals surface area (Å²) in [5.74, 6) is -1.03. The fraction of sp³-hybridized carbons (Fsp3) is 0.391. The highest BCUT2D eigenvalue weighted by Crippen LogP contribution is 2.19. The van der Waals surface area contributed by atoms with Crippen molar-refractivity contribution in [2.75, 3.05) is 6.61 Å². The van der Waals surface area contributed by atoms with Crippen LogP contribution in [0, 0.1) is 11.6 Å². The second-order valence-corrected chi connectivity index (χ2v) is 7.56. The van der Waals surface area contributed by atoms with Crippen molar-refractivity contribution < 1.29 is 23.1 Å². The Morgan fingerprint density at radius 2 is 1.60 bits per heavy atom. The van der Waals surface area contributed by atoms with Gasteiger partial charge in [0.05, 0.1) is 0 Å². The number of carbonyl (C=O) groups is 2. The number of carbonyl (C=O) groups excluding carboxylic acids is 2. The van der Waals surface area contributed by atoms with Crippen LogP contribution in [0.4, 0.5) is 8.78 Å². The summed E-state index contributed by atoms with van der Waals surface area (Å²) in [5, 5.41) is 3.01. The van der Waals surface area contributed by atoms with E-state index in [1.807, 2.05) is 0 Å². The first-order chi connectivity index (χ1) is 14.4. The number of rotatable bonds is 8. The van der Waals surface area contributed by atoms with Gasteiger partial charge in [-0.2, -0.15) is 0 Å². The molecule has 0 aromatic heterocycles. The van der Waals surface area contributed by atoms with E-state index in [0.29, 0.717) is 11.3 Å². The molecule has 1 aliphatic rings. The molecule has 0 radical (unpaired) electrons. The Morgan fingerprint density at radius 3 is 2.20 bits per heavy atom. The molecular weight excluding hydrogens is 390 g/mol. The molecule has 1 aliphatic carbocycles. The molecule has 0 unspecified atom stereocenters.